The van der Waals surface area contributed by atoms with Crippen LogP contribution in [0.3, 0.4) is 0 Å². The number of ether oxygens (including phenoxy) is 1. The largest absolute Gasteiger partial charge is 0.488 e. The van der Waals surface area contributed by atoms with Crippen LogP contribution in [0, 0.1) is 24.0 Å². The van der Waals surface area contributed by atoms with E-state index in [1.165, 1.54) is 18.2 Å². The van der Waals surface area contributed by atoms with E-state index in [-0.39, 0.29) is 17.9 Å². The first-order chi connectivity index (χ1) is 17.1. The number of anilines is 1. The third kappa shape index (κ3) is 5.18. The molecule has 4 rings (SSSR count). The van der Waals surface area contributed by atoms with Gasteiger partial charge in [-0.2, -0.15) is 0 Å². The normalized spacial score (nSPS) is 14.7. The second-order valence-corrected chi connectivity index (χ2v) is 9.06. The number of halogens is 1. The second-order valence-electron chi connectivity index (χ2n) is 8.15. The van der Waals surface area contributed by atoms with Crippen molar-refractivity contribution in [3.63, 3.8) is 0 Å². The molecule has 0 unspecified atom stereocenters. The summed E-state index contributed by atoms with van der Waals surface area (Å²) in [5.41, 5.74) is 2.60. The first kappa shape index (κ1) is 24.8. The van der Waals surface area contributed by atoms with Crippen LogP contribution >= 0.6 is 15.9 Å². The Bertz CT molecular complexity index is 1450. The number of nitro groups is 1. The number of barbiturate groups is 1. The Kier molecular flexibility index (Phi) is 6.98. The lowest BCUT2D eigenvalue weighted by Crippen LogP contribution is -2.54. The molecule has 1 saturated heterocycles. The fourth-order valence-corrected chi connectivity index (χ4v) is 4.06. The van der Waals surface area contributed by atoms with Crippen molar-refractivity contribution in [3.05, 3.63) is 103 Å². The van der Waals surface area contributed by atoms with Gasteiger partial charge in [0, 0.05) is 22.2 Å². The van der Waals surface area contributed by atoms with Gasteiger partial charge in [-0.25, -0.2) is 9.69 Å². The van der Waals surface area contributed by atoms with Crippen LogP contribution in [0.25, 0.3) is 6.08 Å². The van der Waals surface area contributed by atoms with Crippen LogP contribution in [0.1, 0.15) is 22.3 Å². The molecule has 1 N–H and O–H groups in total. The number of nitrogens with zero attached hydrogens (tertiary/aromatic N) is 2. The van der Waals surface area contributed by atoms with Gasteiger partial charge in [0.05, 0.1) is 10.6 Å². The van der Waals surface area contributed by atoms with Crippen LogP contribution in [-0.4, -0.2) is 22.8 Å². The SMILES string of the molecule is Cc1ccc(C)c(N2C(=O)NC(=O)/C(=C\c3cc(Br)ccc3OCc3cccc([N+](=O)[O-])c3)C2=O)c1. The second kappa shape index (κ2) is 10.1. The molecule has 0 bridgehead atoms. The molecule has 10 heteroatoms. The summed E-state index contributed by atoms with van der Waals surface area (Å²) in [6, 6.07) is 15.6. The number of amides is 4. The van der Waals surface area contributed by atoms with Crippen LogP contribution in [0.5, 0.6) is 5.75 Å². The molecule has 4 amide bonds. The smallest absolute Gasteiger partial charge is 0.335 e. The molecular formula is C26H20BrN3O6. The molecule has 0 spiro atoms. The van der Waals surface area contributed by atoms with E-state index in [0.29, 0.717) is 32.6 Å². The van der Waals surface area contributed by atoms with E-state index in [1.54, 1.807) is 49.4 Å². The van der Waals surface area contributed by atoms with Crippen LogP contribution in [0.2, 0.25) is 0 Å². The zero-order valence-corrected chi connectivity index (χ0v) is 20.9. The summed E-state index contributed by atoms with van der Waals surface area (Å²) < 4.78 is 6.55. The minimum Gasteiger partial charge on any atom is -0.488 e. The van der Waals surface area contributed by atoms with Gasteiger partial charge in [-0.3, -0.25) is 25.0 Å². The maximum atomic E-state index is 13.4. The molecule has 3 aromatic rings. The van der Waals surface area contributed by atoms with Gasteiger partial charge in [-0.05, 0) is 60.9 Å². The number of aryl methyl sites for hydroxylation is 2. The molecular weight excluding hydrogens is 530 g/mol. The number of carbonyl (C=O) groups excluding carboxylic acids is 3. The van der Waals surface area contributed by atoms with Crippen molar-refractivity contribution < 1.29 is 24.0 Å². The van der Waals surface area contributed by atoms with Gasteiger partial charge in [0.15, 0.2) is 0 Å². The Hall–Kier alpha value is -4.31. The summed E-state index contributed by atoms with van der Waals surface area (Å²) in [5.74, 6) is -1.24. The predicted octanol–water partition coefficient (Wildman–Crippen LogP) is 5.22. The van der Waals surface area contributed by atoms with Crippen molar-refractivity contribution in [3.8, 4) is 5.75 Å². The van der Waals surface area contributed by atoms with Gasteiger partial charge in [0.25, 0.3) is 17.5 Å². The third-order valence-corrected chi connectivity index (χ3v) is 5.99. The molecule has 1 fully saturated rings. The quantitative estimate of drug-likeness (QED) is 0.195. The van der Waals surface area contributed by atoms with E-state index < -0.39 is 22.8 Å². The molecule has 36 heavy (non-hydrogen) atoms. The first-order valence-corrected chi connectivity index (χ1v) is 11.6. The van der Waals surface area contributed by atoms with Crippen molar-refractivity contribution in [2.75, 3.05) is 4.90 Å². The van der Waals surface area contributed by atoms with Crippen LogP contribution in [0.4, 0.5) is 16.2 Å². The van der Waals surface area contributed by atoms with E-state index >= 15 is 0 Å². The fourth-order valence-electron chi connectivity index (χ4n) is 3.68. The Labute approximate surface area is 214 Å². The van der Waals surface area contributed by atoms with Crippen LogP contribution < -0.4 is 15.0 Å². The molecule has 0 atom stereocenters. The van der Waals surface area contributed by atoms with E-state index in [1.807, 2.05) is 13.0 Å². The van der Waals surface area contributed by atoms with Gasteiger partial charge in [-0.15, -0.1) is 0 Å². The average molecular weight is 550 g/mol. The van der Waals surface area contributed by atoms with Crippen molar-refractivity contribution >= 4 is 51.2 Å². The molecule has 1 heterocycles. The third-order valence-electron chi connectivity index (χ3n) is 5.49. The summed E-state index contributed by atoms with van der Waals surface area (Å²) in [7, 11) is 0. The number of hydrogen-bond donors (Lipinski definition) is 1. The molecule has 182 valence electrons. The Morgan fingerprint density at radius 2 is 1.83 bits per heavy atom. The molecule has 0 radical (unpaired) electrons. The predicted molar refractivity (Wildman–Crippen MR) is 136 cm³/mol. The molecule has 0 aromatic heterocycles. The van der Waals surface area contributed by atoms with Crippen LogP contribution in [0.15, 0.2) is 70.7 Å². The van der Waals surface area contributed by atoms with Gasteiger partial charge >= 0.3 is 6.03 Å². The van der Waals surface area contributed by atoms with E-state index in [4.69, 9.17) is 4.74 Å². The zero-order valence-electron chi connectivity index (χ0n) is 19.3. The van der Waals surface area contributed by atoms with Gasteiger partial charge in [0.2, 0.25) is 0 Å². The number of rotatable bonds is 6. The zero-order chi connectivity index (χ0) is 26.0. The topological polar surface area (TPSA) is 119 Å². The molecule has 1 aliphatic heterocycles. The Morgan fingerprint density at radius 3 is 2.58 bits per heavy atom. The van der Waals surface area contributed by atoms with Crippen molar-refractivity contribution in [2.24, 2.45) is 0 Å². The maximum absolute atomic E-state index is 13.4. The number of nitro benzene ring substituents is 1. The Morgan fingerprint density at radius 1 is 1.06 bits per heavy atom. The number of benzene rings is 3. The van der Waals surface area contributed by atoms with Gasteiger partial charge in [-0.1, -0.05) is 40.2 Å². The number of nitrogens with one attached hydrogen (secondary N) is 1. The molecule has 0 aliphatic carbocycles. The summed E-state index contributed by atoms with van der Waals surface area (Å²) in [4.78, 5) is 50.1. The average Bonchev–Trinajstić information content (AvgIpc) is 2.83. The van der Waals surface area contributed by atoms with E-state index in [2.05, 4.69) is 21.2 Å². The Balaban J connectivity index is 1.68. The monoisotopic (exact) mass is 549 g/mol. The molecule has 3 aromatic carbocycles. The number of non-ortho nitro benzene ring substituents is 1. The van der Waals surface area contributed by atoms with Gasteiger partial charge in [0.1, 0.15) is 17.9 Å². The highest BCUT2D eigenvalue weighted by Crippen LogP contribution is 2.30. The molecule has 1 aliphatic rings. The van der Waals surface area contributed by atoms with E-state index in [9.17, 15) is 24.5 Å². The summed E-state index contributed by atoms with van der Waals surface area (Å²) >= 11 is 3.38. The highest BCUT2D eigenvalue weighted by Gasteiger charge is 2.37. The summed E-state index contributed by atoms with van der Waals surface area (Å²) in [6.45, 7) is 3.62. The van der Waals surface area contributed by atoms with Crippen molar-refractivity contribution in [1.29, 1.82) is 0 Å². The lowest BCUT2D eigenvalue weighted by atomic mass is 10.0. The fraction of sp³-hybridized carbons (Fsp3) is 0.115. The summed E-state index contributed by atoms with van der Waals surface area (Å²) in [5, 5.41) is 13.3. The minimum absolute atomic E-state index is 0.0206. The van der Waals surface area contributed by atoms with Crippen molar-refractivity contribution in [2.45, 2.75) is 20.5 Å². The number of carbonyl (C=O) groups is 3. The van der Waals surface area contributed by atoms with Crippen LogP contribution in [-0.2, 0) is 16.2 Å². The summed E-state index contributed by atoms with van der Waals surface area (Å²) in [6.07, 6.45) is 1.36. The number of imide groups is 2. The van der Waals surface area contributed by atoms with Crippen molar-refractivity contribution in [1.82, 2.24) is 5.32 Å². The lowest BCUT2D eigenvalue weighted by Gasteiger charge is -2.28. The molecule has 9 nitrogen and oxygen atoms in total. The highest BCUT2D eigenvalue weighted by molar-refractivity contribution is 9.10. The molecule has 0 saturated carbocycles. The highest BCUT2D eigenvalue weighted by atomic mass is 79.9. The van der Waals surface area contributed by atoms with E-state index in [0.717, 1.165) is 10.5 Å². The number of hydrogen-bond acceptors (Lipinski definition) is 6. The maximum Gasteiger partial charge on any atom is 0.335 e. The lowest BCUT2D eigenvalue weighted by molar-refractivity contribution is -0.384. The standard InChI is InChI=1S/C26H20BrN3O6/c1-15-6-7-16(2)22(10-15)29-25(32)21(24(31)28-26(29)33)13-18-12-19(27)8-9-23(18)36-14-17-4-3-5-20(11-17)30(34)35/h3-13H,14H2,1-2H3,(H,28,31,33)/b21-13+. The number of urea groups is 1. The minimum atomic E-state index is -0.827. The van der Waals surface area contributed by atoms with Gasteiger partial charge < -0.3 is 4.74 Å². The first-order valence-electron chi connectivity index (χ1n) is 10.8.